The first-order valence-electron chi connectivity index (χ1n) is 4.93. The summed E-state index contributed by atoms with van der Waals surface area (Å²) in [4.78, 5) is 6.33. The minimum Gasteiger partial charge on any atom is -0.397 e. The second-order valence-corrected chi connectivity index (χ2v) is 3.49. The number of aliphatic hydroxyl groups excluding tert-OH is 2. The average Bonchev–Trinajstić information content (AvgIpc) is 2.32. The van der Waals surface area contributed by atoms with Crippen LogP contribution in [0.4, 0.5) is 11.4 Å². The molecular weight excluding hydrogens is 224 g/mol. The lowest BCUT2D eigenvalue weighted by molar-refractivity contribution is 0.0153. The molecular formula is C9H14N6O2. The third kappa shape index (κ3) is 3.22. The standard InChI is InChI=1S/C9H14N6O2/c10-6-4-13-3-5(8(6)11)9(17)7(16)1-2-14-15-12/h3-4,7,9,16-17H,1-2,10H2,(H2,11,13). The van der Waals surface area contributed by atoms with Crippen molar-refractivity contribution in [3.63, 3.8) is 0 Å². The highest BCUT2D eigenvalue weighted by atomic mass is 16.3. The zero-order chi connectivity index (χ0) is 12.8. The predicted octanol–water partition coefficient (Wildman–Crippen LogP) is 0.341. The lowest BCUT2D eigenvalue weighted by Gasteiger charge is -2.19. The second kappa shape index (κ2) is 5.90. The van der Waals surface area contributed by atoms with Gasteiger partial charge in [-0.1, -0.05) is 5.11 Å². The quantitative estimate of drug-likeness (QED) is 0.330. The highest BCUT2D eigenvalue weighted by Gasteiger charge is 2.21. The third-order valence-corrected chi connectivity index (χ3v) is 2.32. The summed E-state index contributed by atoms with van der Waals surface area (Å²) in [5.41, 5.74) is 20.0. The first kappa shape index (κ1) is 13.0. The Morgan fingerprint density at radius 1 is 1.41 bits per heavy atom. The fraction of sp³-hybridized carbons (Fsp3) is 0.444. The van der Waals surface area contributed by atoms with Crippen molar-refractivity contribution in [3.05, 3.63) is 28.4 Å². The molecule has 0 spiro atoms. The summed E-state index contributed by atoms with van der Waals surface area (Å²) in [6.07, 6.45) is 0.524. The van der Waals surface area contributed by atoms with E-state index < -0.39 is 12.2 Å². The Kier molecular flexibility index (Phi) is 4.53. The van der Waals surface area contributed by atoms with Crippen molar-refractivity contribution in [1.82, 2.24) is 4.98 Å². The van der Waals surface area contributed by atoms with Crippen LogP contribution in [-0.4, -0.2) is 27.8 Å². The van der Waals surface area contributed by atoms with Crippen LogP contribution in [0.5, 0.6) is 0 Å². The van der Waals surface area contributed by atoms with Gasteiger partial charge in [-0.15, -0.1) is 0 Å². The molecule has 0 amide bonds. The maximum atomic E-state index is 9.83. The number of aromatic nitrogens is 1. The molecule has 2 atom stereocenters. The van der Waals surface area contributed by atoms with Gasteiger partial charge in [-0.3, -0.25) is 4.98 Å². The van der Waals surface area contributed by atoms with Crippen LogP contribution in [0, 0.1) is 0 Å². The molecule has 1 aromatic heterocycles. The number of nitrogens with two attached hydrogens (primary N) is 2. The van der Waals surface area contributed by atoms with E-state index in [9.17, 15) is 10.2 Å². The Morgan fingerprint density at radius 2 is 2.12 bits per heavy atom. The Morgan fingerprint density at radius 3 is 2.76 bits per heavy atom. The molecule has 1 rings (SSSR count). The molecule has 0 aliphatic heterocycles. The molecule has 0 saturated carbocycles. The molecule has 2 unspecified atom stereocenters. The Hall–Kier alpha value is -2.02. The largest absolute Gasteiger partial charge is 0.397 e. The number of hydrogen-bond donors (Lipinski definition) is 4. The number of anilines is 2. The van der Waals surface area contributed by atoms with Gasteiger partial charge in [0.1, 0.15) is 6.10 Å². The smallest absolute Gasteiger partial charge is 0.108 e. The molecule has 0 fully saturated rings. The first-order chi connectivity index (χ1) is 8.07. The Balaban J connectivity index is 2.77. The minimum atomic E-state index is -1.21. The van der Waals surface area contributed by atoms with Crippen LogP contribution in [0.15, 0.2) is 17.5 Å². The van der Waals surface area contributed by atoms with E-state index in [4.69, 9.17) is 17.0 Å². The van der Waals surface area contributed by atoms with Crippen LogP contribution < -0.4 is 11.5 Å². The fourth-order valence-electron chi connectivity index (χ4n) is 1.34. The Bertz CT molecular complexity index is 431. The van der Waals surface area contributed by atoms with Crippen LogP contribution in [0.1, 0.15) is 18.1 Å². The topological polar surface area (TPSA) is 154 Å². The normalized spacial score (nSPS) is 13.8. The van der Waals surface area contributed by atoms with Crippen LogP contribution >= 0.6 is 0 Å². The number of pyridine rings is 1. The van der Waals surface area contributed by atoms with Gasteiger partial charge in [-0.25, -0.2) is 0 Å². The van der Waals surface area contributed by atoms with Gasteiger partial charge in [0.25, 0.3) is 0 Å². The fourth-order valence-corrected chi connectivity index (χ4v) is 1.34. The zero-order valence-corrected chi connectivity index (χ0v) is 9.06. The highest BCUT2D eigenvalue weighted by Crippen LogP contribution is 2.27. The van der Waals surface area contributed by atoms with Crippen molar-refractivity contribution in [2.45, 2.75) is 18.6 Å². The average molecular weight is 238 g/mol. The monoisotopic (exact) mass is 238 g/mol. The van der Waals surface area contributed by atoms with Gasteiger partial charge in [0.05, 0.1) is 23.7 Å². The summed E-state index contributed by atoms with van der Waals surface area (Å²) in [5, 5.41) is 22.8. The maximum Gasteiger partial charge on any atom is 0.108 e. The van der Waals surface area contributed by atoms with Gasteiger partial charge in [0.2, 0.25) is 0 Å². The molecule has 92 valence electrons. The lowest BCUT2D eigenvalue weighted by atomic mass is 10.0. The molecule has 17 heavy (non-hydrogen) atoms. The van der Waals surface area contributed by atoms with E-state index in [2.05, 4.69) is 15.0 Å². The summed E-state index contributed by atoms with van der Waals surface area (Å²) in [6, 6.07) is 0. The predicted molar refractivity (Wildman–Crippen MR) is 62.7 cm³/mol. The summed E-state index contributed by atoms with van der Waals surface area (Å²) in [6.45, 7) is 0.0877. The van der Waals surface area contributed by atoms with E-state index >= 15 is 0 Å². The number of azide groups is 1. The van der Waals surface area contributed by atoms with Gasteiger partial charge in [-0.05, 0) is 12.0 Å². The lowest BCUT2D eigenvalue weighted by Crippen LogP contribution is -2.20. The van der Waals surface area contributed by atoms with Gasteiger partial charge in [0, 0.05) is 23.2 Å². The van der Waals surface area contributed by atoms with Crippen LogP contribution in [-0.2, 0) is 0 Å². The molecule has 0 aliphatic carbocycles. The number of rotatable bonds is 5. The van der Waals surface area contributed by atoms with Gasteiger partial charge >= 0.3 is 0 Å². The van der Waals surface area contributed by atoms with Crippen molar-refractivity contribution >= 4 is 11.4 Å². The van der Waals surface area contributed by atoms with E-state index in [0.29, 0.717) is 0 Å². The summed E-state index contributed by atoms with van der Waals surface area (Å²) in [7, 11) is 0. The second-order valence-electron chi connectivity index (χ2n) is 3.49. The molecule has 0 bridgehead atoms. The molecule has 0 saturated heterocycles. The first-order valence-corrected chi connectivity index (χ1v) is 4.93. The molecule has 0 radical (unpaired) electrons. The highest BCUT2D eigenvalue weighted by molar-refractivity contribution is 5.66. The van der Waals surface area contributed by atoms with Crippen LogP contribution in [0.25, 0.3) is 10.4 Å². The van der Waals surface area contributed by atoms with E-state index in [1.54, 1.807) is 0 Å². The maximum absolute atomic E-state index is 9.83. The van der Waals surface area contributed by atoms with Gasteiger partial charge in [0.15, 0.2) is 0 Å². The van der Waals surface area contributed by atoms with Crippen molar-refractivity contribution in [1.29, 1.82) is 0 Å². The molecule has 6 N–H and O–H groups in total. The van der Waals surface area contributed by atoms with Crippen LogP contribution in [0.2, 0.25) is 0 Å². The number of hydrogen-bond acceptors (Lipinski definition) is 6. The van der Waals surface area contributed by atoms with Crippen molar-refractivity contribution in [3.8, 4) is 0 Å². The Labute approximate surface area is 97.5 Å². The molecule has 1 heterocycles. The summed E-state index contributed by atoms with van der Waals surface area (Å²) in [5.74, 6) is 0. The zero-order valence-electron chi connectivity index (χ0n) is 9.06. The van der Waals surface area contributed by atoms with Crippen molar-refractivity contribution in [2.24, 2.45) is 5.11 Å². The molecule has 8 heteroatoms. The van der Waals surface area contributed by atoms with E-state index in [1.165, 1.54) is 12.4 Å². The van der Waals surface area contributed by atoms with Crippen LogP contribution in [0.3, 0.4) is 0 Å². The van der Waals surface area contributed by atoms with Gasteiger partial charge < -0.3 is 21.7 Å². The number of nitrogens with zero attached hydrogens (tertiary/aromatic N) is 4. The molecule has 8 nitrogen and oxygen atoms in total. The van der Waals surface area contributed by atoms with Crippen molar-refractivity contribution < 1.29 is 10.2 Å². The number of nitrogen functional groups attached to an aromatic ring is 2. The van der Waals surface area contributed by atoms with E-state index in [0.717, 1.165) is 0 Å². The molecule has 0 aliphatic rings. The van der Waals surface area contributed by atoms with E-state index in [1.807, 2.05) is 0 Å². The molecule has 1 aromatic rings. The summed E-state index contributed by atoms with van der Waals surface area (Å²) < 4.78 is 0. The SMILES string of the molecule is [N-]=[N+]=NCCC(O)C(O)c1cncc(N)c1N. The van der Waals surface area contributed by atoms with Crippen molar-refractivity contribution in [2.75, 3.05) is 18.0 Å². The summed E-state index contributed by atoms with van der Waals surface area (Å²) >= 11 is 0. The molecule has 0 aromatic carbocycles. The van der Waals surface area contributed by atoms with E-state index in [-0.39, 0.29) is 29.9 Å². The minimum absolute atomic E-state index is 0.0877. The number of aliphatic hydroxyl groups is 2. The van der Waals surface area contributed by atoms with Gasteiger partial charge in [-0.2, -0.15) is 0 Å². The third-order valence-electron chi connectivity index (χ3n) is 2.32.